The molecule has 0 amide bonds. The van der Waals surface area contributed by atoms with Crippen LogP contribution in [0.4, 0.5) is 0 Å². The molecule has 0 saturated heterocycles. The summed E-state index contributed by atoms with van der Waals surface area (Å²) < 4.78 is 7.09. The van der Waals surface area contributed by atoms with Gasteiger partial charge in [0.1, 0.15) is 11.9 Å². The van der Waals surface area contributed by atoms with Gasteiger partial charge in [0.15, 0.2) is 0 Å². The van der Waals surface area contributed by atoms with Crippen LogP contribution in [0.1, 0.15) is 39.2 Å². The maximum Gasteiger partial charge on any atom is 0.123 e. The Bertz CT molecular complexity index is 415. The fraction of sp³-hybridized carbons (Fsp3) is 0.600. The lowest BCUT2D eigenvalue weighted by Gasteiger charge is -2.29. The number of rotatable bonds is 5. The standard InChI is InChI=1S/C15H22BrNO/c1-4-15(3,5-2)17-10-13-9-11-8-12(16)6-7-14(11)18-13/h6-8,13,17H,4-5,9-10H2,1-3H3. The van der Waals surface area contributed by atoms with Crippen LogP contribution in [-0.4, -0.2) is 18.2 Å². The summed E-state index contributed by atoms with van der Waals surface area (Å²) in [5, 5.41) is 3.65. The van der Waals surface area contributed by atoms with E-state index in [2.05, 4.69) is 54.2 Å². The van der Waals surface area contributed by atoms with Crippen LogP contribution in [0.2, 0.25) is 0 Å². The molecule has 1 N–H and O–H groups in total. The first-order valence-electron chi connectivity index (χ1n) is 6.76. The highest BCUT2D eigenvalue weighted by Crippen LogP contribution is 2.31. The second-order valence-corrected chi connectivity index (χ2v) is 6.26. The van der Waals surface area contributed by atoms with Crippen molar-refractivity contribution in [1.82, 2.24) is 5.32 Å². The highest BCUT2D eigenvalue weighted by atomic mass is 79.9. The van der Waals surface area contributed by atoms with Crippen molar-refractivity contribution in [2.75, 3.05) is 6.54 Å². The zero-order valence-corrected chi connectivity index (χ0v) is 13.0. The maximum absolute atomic E-state index is 5.96. The molecule has 0 aliphatic carbocycles. The summed E-state index contributed by atoms with van der Waals surface area (Å²) in [7, 11) is 0. The zero-order chi connectivity index (χ0) is 13.2. The predicted octanol–water partition coefficient (Wildman–Crippen LogP) is 3.92. The van der Waals surface area contributed by atoms with Gasteiger partial charge in [0.25, 0.3) is 0 Å². The van der Waals surface area contributed by atoms with Crippen LogP contribution in [0.15, 0.2) is 22.7 Å². The molecular formula is C15H22BrNO. The van der Waals surface area contributed by atoms with Gasteiger partial charge in [0, 0.05) is 23.0 Å². The van der Waals surface area contributed by atoms with Crippen LogP contribution in [0.25, 0.3) is 0 Å². The van der Waals surface area contributed by atoms with Crippen molar-refractivity contribution in [2.45, 2.75) is 51.7 Å². The summed E-state index contributed by atoms with van der Waals surface area (Å²) in [6, 6.07) is 6.25. The third kappa shape index (κ3) is 3.07. The van der Waals surface area contributed by atoms with Gasteiger partial charge in [-0.25, -0.2) is 0 Å². The monoisotopic (exact) mass is 311 g/mol. The van der Waals surface area contributed by atoms with Crippen LogP contribution in [0.5, 0.6) is 5.75 Å². The lowest BCUT2D eigenvalue weighted by molar-refractivity contribution is 0.200. The number of hydrogen-bond donors (Lipinski definition) is 1. The predicted molar refractivity (Wildman–Crippen MR) is 79.3 cm³/mol. The third-order valence-electron chi connectivity index (χ3n) is 4.08. The van der Waals surface area contributed by atoms with Crippen LogP contribution in [0, 0.1) is 0 Å². The smallest absolute Gasteiger partial charge is 0.123 e. The average molecular weight is 312 g/mol. The van der Waals surface area contributed by atoms with E-state index in [1.54, 1.807) is 0 Å². The van der Waals surface area contributed by atoms with Crippen molar-refractivity contribution in [1.29, 1.82) is 0 Å². The minimum Gasteiger partial charge on any atom is -0.488 e. The molecule has 1 aromatic carbocycles. The van der Waals surface area contributed by atoms with Gasteiger partial charge in [-0.05, 0) is 43.5 Å². The Kier molecular flexibility index (Phi) is 4.33. The summed E-state index contributed by atoms with van der Waals surface area (Å²) in [6.07, 6.45) is 3.57. The summed E-state index contributed by atoms with van der Waals surface area (Å²) >= 11 is 3.51. The van der Waals surface area contributed by atoms with Gasteiger partial charge in [0.05, 0.1) is 0 Å². The highest BCUT2D eigenvalue weighted by molar-refractivity contribution is 9.10. The van der Waals surface area contributed by atoms with Crippen molar-refractivity contribution in [3.63, 3.8) is 0 Å². The van der Waals surface area contributed by atoms with E-state index in [-0.39, 0.29) is 11.6 Å². The largest absolute Gasteiger partial charge is 0.488 e. The first-order chi connectivity index (χ1) is 8.56. The molecule has 0 radical (unpaired) electrons. The van der Waals surface area contributed by atoms with E-state index in [4.69, 9.17) is 4.74 Å². The topological polar surface area (TPSA) is 21.3 Å². The van der Waals surface area contributed by atoms with Crippen molar-refractivity contribution in [3.05, 3.63) is 28.2 Å². The van der Waals surface area contributed by atoms with E-state index in [0.29, 0.717) is 0 Å². The molecule has 0 bridgehead atoms. The van der Waals surface area contributed by atoms with Crippen LogP contribution in [0.3, 0.4) is 0 Å². The van der Waals surface area contributed by atoms with Crippen molar-refractivity contribution in [2.24, 2.45) is 0 Å². The molecule has 3 heteroatoms. The Balaban J connectivity index is 1.92. The fourth-order valence-electron chi connectivity index (χ4n) is 2.26. The van der Waals surface area contributed by atoms with E-state index in [1.165, 1.54) is 5.56 Å². The third-order valence-corrected chi connectivity index (χ3v) is 4.57. The maximum atomic E-state index is 5.96. The molecule has 1 aliphatic rings. The Labute approximate surface area is 118 Å². The Morgan fingerprint density at radius 2 is 2.11 bits per heavy atom. The van der Waals surface area contributed by atoms with Crippen LogP contribution in [-0.2, 0) is 6.42 Å². The first-order valence-corrected chi connectivity index (χ1v) is 7.55. The minimum atomic E-state index is 0.235. The number of halogens is 1. The molecular weight excluding hydrogens is 290 g/mol. The molecule has 0 saturated carbocycles. The first kappa shape index (κ1) is 13.9. The Hall–Kier alpha value is -0.540. The van der Waals surface area contributed by atoms with Gasteiger partial charge >= 0.3 is 0 Å². The second-order valence-electron chi connectivity index (χ2n) is 5.34. The van der Waals surface area contributed by atoms with E-state index < -0.39 is 0 Å². The molecule has 100 valence electrons. The minimum absolute atomic E-state index is 0.235. The average Bonchev–Trinajstić information content (AvgIpc) is 2.78. The molecule has 18 heavy (non-hydrogen) atoms. The summed E-state index contributed by atoms with van der Waals surface area (Å²) in [4.78, 5) is 0. The Morgan fingerprint density at radius 3 is 2.78 bits per heavy atom. The molecule has 1 atom stereocenters. The van der Waals surface area contributed by atoms with Crippen molar-refractivity contribution in [3.8, 4) is 5.75 Å². The summed E-state index contributed by atoms with van der Waals surface area (Å²) in [6.45, 7) is 7.67. The van der Waals surface area contributed by atoms with Gasteiger partial charge in [0.2, 0.25) is 0 Å². The van der Waals surface area contributed by atoms with Crippen molar-refractivity contribution >= 4 is 15.9 Å². The number of hydrogen-bond acceptors (Lipinski definition) is 2. The number of benzene rings is 1. The summed E-state index contributed by atoms with van der Waals surface area (Å²) in [5.41, 5.74) is 1.55. The molecule has 1 aliphatic heterocycles. The van der Waals surface area contributed by atoms with Gasteiger partial charge in [-0.1, -0.05) is 29.8 Å². The molecule has 2 rings (SSSR count). The summed E-state index contributed by atoms with van der Waals surface area (Å²) in [5.74, 6) is 1.04. The molecule has 1 unspecified atom stereocenters. The van der Waals surface area contributed by atoms with Gasteiger partial charge in [-0.15, -0.1) is 0 Å². The SMILES string of the molecule is CCC(C)(CC)NCC1Cc2cc(Br)ccc2O1. The molecule has 1 aromatic rings. The molecule has 2 nitrogen and oxygen atoms in total. The second kappa shape index (κ2) is 5.62. The van der Waals surface area contributed by atoms with Crippen molar-refractivity contribution < 1.29 is 4.74 Å². The lowest BCUT2D eigenvalue weighted by atomic mass is 9.95. The van der Waals surface area contributed by atoms with Gasteiger partial charge < -0.3 is 10.1 Å². The quantitative estimate of drug-likeness (QED) is 0.890. The molecule has 0 spiro atoms. The number of nitrogens with one attached hydrogen (secondary N) is 1. The Morgan fingerprint density at radius 1 is 1.39 bits per heavy atom. The highest BCUT2D eigenvalue weighted by Gasteiger charge is 2.26. The molecule has 0 fully saturated rings. The number of fused-ring (bicyclic) bond motifs is 1. The normalized spacial score (nSPS) is 18.6. The van der Waals surface area contributed by atoms with Gasteiger partial charge in [-0.2, -0.15) is 0 Å². The van der Waals surface area contributed by atoms with Crippen LogP contribution >= 0.6 is 15.9 Å². The van der Waals surface area contributed by atoms with Crippen LogP contribution < -0.4 is 10.1 Å². The molecule has 0 aromatic heterocycles. The lowest BCUT2D eigenvalue weighted by Crippen LogP contribution is -2.45. The van der Waals surface area contributed by atoms with E-state index in [1.807, 2.05) is 6.07 Å². The van der Waals surface area contributed by atoms with E-state index >= 15 is 0 Å². The zero-order valence-electron chi connectivity index (χ0n) is 11.4. The van der Waals surface area contributed by atoms with Gasteiger partial charge in [-0.3, -0.25) is 0 Å². The molecule has 1 heterocycles. The van der Waals surface area contributed by atoms with E-state index in [0.717, 1.165) is 36.0 Å². The number of ether oxygens (including phenoxy) is 1. The van der Waals surface area contributed by atoms with E-state index in [9.17, 15) is 0 Å². The fourth-order valence-corrected chi connectivity index (χ4v) is 2.67.